The fourth-order valence-corrected chi connectivity index (χ4v) is 0.787. The third-order valence-corrected chi connectivity index (χ3v) is 1.39. The van der Waals surface area contributed by atoms with Crippen molar-refractivity contribution in [2.45, 2.75) is 32.6 Å². The van der Waals surface area contributed by atoms with E-state index in [4.69, 9.17) is 5.11 Å². The van der Waals surface area contributed by atoms with Crippen molar-refractivity contribution in [2.24, 2.45) is 0 Å². The van der Waals surface area contributed by atoms with E-state index in [0.29, 0.717) is 0 Å². The van der Waals surface area contributed by atoms with Crippen LogP contribution in [0.1, 0.15) is 32.6 Å². The van der Waals surface area contributed by atoms with Gasteiger partial charge in [-0.1, -0.05) is 37.6 Å². The Morgan fingerprint density at radius 2 is 1.45 bits per heavy atom. The summed E-state index contributed by atoms with van der Waals surface area (Å²) in [6, 6.07) is 0. The molecule has 0 atom stereocenters. The predicted molar refractivity (Wildman–Crippen MR) is 49.5 cm³/mol. The van der Waals surface area contributed by atoms with E-state index in [1.54, 1.807) is 6.08 Å². The monoisotopic (exact) mass is 154 g/mol. The first kappa shape index (κ1) is 10.4. The summed E-state index contributed by atoms with van der Waals surface area (Å²) in [6.45, 7) is 2.34. The molecular formula is C10H18O. The third kappa shape index (κ3) is 9.44. The highest BCUT2D eigenvalue weighted by atomic mass is 16.2. The van der Waals surface area contributed by atoms with Gasteiger partial charge >= 0.3 is 0 Å². The molecule has 64 valence electrons. The molecule has 0 rings (SSSR count). The second kappa shape index (κ2) is 9.44. The molecular weight excluding hydrogens is 136 g/mol. The first-order valence-corrected chi connectivity index (χ1v) is 4.32. The van der Waals surface area contributed by atoms with Gasteiger partial charge in [-0.2, -0.15) is 0 Å². The molecule has 0 saturated heterocycles. The van der Waals surface area contributed by atoms with Crippen molar-refractivity contribution < 1.29 is 5.11 Å². The van der Waals surface area contributed by atoms with E-state index in [1.165, 1.54) is 12.8 Å². The zero-order valence-electron chi connectivity index (χ0n) is 7.29. The Morgan fingerprint density at radius 3 is 2.00 bits per heavy atom. The van der Waals surface area contributed by atoms with Crippen LogP contribution in [0.5, 0.6) is 0 Å². The molecule has 0 aromatic carbocycles. The van der Waals surface area contributed by atoms with Gasteiger partial charge in [-0.25, -0.2) is 0 Å². The Morgan fingerprint density at radius 1 is 0.909 bits per heavy atom. The van der Waals surface area contributed by atoms with Gasteiger partial charge in [-0.05, 0) is 19.3 Å². The average molecular weight is 154 g/mol. The SMILES string of the molecule is CCCC=CCCC=CCO. The van der Waals surface area contributed by atoms with Crippen LogP contribution >= 0.6 is 0 Å². The lowest BCUT2D eigenvalue weighted by atomic mass is 10.2. The number of rotatable bonds is 6. The molecule has 0 unspecified atom stereocenters. The maximum absolute atomic E-state index is 8.40. The van der Waals surface area contributed by atoms with E-state index in [-0.39, 0.29) is 6.61 Å². The highest BCUT2D eigenvalue weighted by Gasteiger charge is 1.76. The second-order valence-corrected chi connectivity index (χ2v) is 2.49. The lowest BCUT2D eigenvalue weighted by molar-refractivity contribution is 0.342. The van der Waals surface area contributed by atoms with Crippen LogP contribution in [0.25, 0.3) is 0 Å². The topological polar surface area (TPSA) is 20.2 Å². The van der Waals surface area contributed by atoms with Crippen molar-refractivity contribution in [2.75, 3.05) is 6.61 Å². The minimum atomic E-state index is 0.165. The molecule has 0 saturated carbocycles. The largest absolute Gasteiger partial charge is 0.392 e. The van der Waals surface area contributed by atoms with E-state index < -0.39 is 0 Å². The van der Waals surface area contributed by atoms with Gasteiger partial charge in [-0.15, -0.1) is 0 Å². The van der Waals surface area contributed by atoms with Gasteiger partial charge in [0, 0.05) is 0 Å². The summed E-state index contributed by atoms with van der Waals surface area (Å²) in [4.78, 5) is 0. The van der Waals surface area contributed by atoms with E-state index in [2.05, 4.69) is 19.1 Å². The van der Waals surface area contributed by atoms with Gasteiger partial charge in [0.25, 0.3) is 0 Å². The molecule has 0 aliphatic carbocycles. The van der Waals surface area contributed by atoms with Crippen molar-refractivity contribution in [1.29, 1.82) is 0 Å². The maximum atomic E-state index is 8.40. The summed E-state index contributed by atoms with van der Waals surface area (Å²) in [6.07, 6.45) is 12.8. The number of unbranched alkanes of at least 4 members (excludes halogenated alkanes) is 2. The molecule has 11 heavy (non-hydrogen) atoms. The molecule has 0 aromatic rings. The summed E-state index contributed by atoms with van der Waals surface area (Å²) in [7, 11) is 0. The zero-order chi connectivity index (χ0) is 8.36. The van der Waals surface area contributed by atoms with Crippen LogP contribution in [-0.2, 0) is 0 Å². The van der Waals surface area contributed by atoms with Crippen LogP contribution in [0.2, 0.25) is 0 Å². The second-order valence-electron chi connectivity index (χ2n) is 2.49. The van der Waals surface area contributed by atoms with Crippen molar-refractivity contribution in [3.05, 3.63) is 24.3 Å². The molecule has 0 fully saturated rings. The third-order valence-electron chi connectivity index (χ3n) is 1.39. The number of allylic oxidation sites excluding steroid dienone is 3. The Balaban J connectivity index is 3.06. The normalized spacial score (nSPS) is 11.8. The molecule has 0 aromatic heterocycles. The van der Waals surface area contributed by atoms with Crippen LogP contribution in [0.4, 0.5) is 0 Å². The molecule has 0 radical (unpaired) electrons. The quantitative estimate of drug-likeness (QED) is 0.460. The molecule has 0 amide bonds. The maximum Gasteiger partial charge on any atom is 0.0612 e. The standard InChI is InChI=1S/C10H18O/c1-2-3-4-5-6-7-8-9-10-11/h4-5,8-9,11H,2-3,6-7,10H2,1H3. The molecule has 0 aliphatic heterocycles. The van der Waals surface area contributed by atoms with Crippen molar-refractivity contribution >= 4 is 0 Å². The van der Waals surface area contributed by atoms with E-state index in [0.717, 1.165) is 12.8 Å². The Hall–Kier alpha value is -0.560. The van der Waals surface area contributed by atoms with Crippen LogP contribution in [0.15, 0.2) is 24.3 Å². The van der Waals surface area contributed by atoms with Crippen LogP contribution < -0.4 is 0 Å². The summed E-state index contributed by atoms with van der Waals surface area (Å²) < 4.78 is 0. The summed E-state index contributed by atoms with van der Waals surface area (Å²) >= 11 is 0. The number of aliphatic hydroxyl groups is 1. The minimum Gasteiger partial charge on any atom is -0.392 e. The molecule has 1 heteroatoms. The zero-order valence-corrected chi connectivity index (χ0v) is 7.29. The van der Waals surface area contributed by atoms with Crippen molar-refractivity contribution in [3.8, 4) is 0 Å². The Labute approximate surface area is 69.4 Å². The fourth-order valence-electron chi connectivity index (χ4n) is 0.787. The highest BCUT2D eigenvalue weighted by molar-refractivity contribution is 4.87. The first-order valence-electron chi connectivity index (χ1n) is 4.32. The first-order chi connectivity index (χ1) is 5.41. The Kier molecular flexibility index (Phi) is 8.96. The van der Waals surface area contributed by atoms with Gasteiger partial charge < -0.3 is 5.11 Å². The molecule has 0 spiro atoms. The van der Waals surface area contributed by atoms with Crippen LogP contribution in [0, 0.1) is 0 Å². The molecule has 0 aliphatic rings. The van der Waals surface area contributed by atoms with Gasteiger partial charge in [0.2, 0.25) is 0 Å². The number of aliphatic hydroxyl groups excluding tert-OH is 1. The lowest BCUT2D eigenvalue weighted by Gasteiger charge is -1.86. The predicted octanol–water partition coefficient (Wildman–Crippen LogP) is 2.67. The number of hydrogen-bond acceptors (Lipinski definition) is 1. The van der Waals surface area contributed by atoms with E-state index >= 15 is 0 Å². The number of hydrogen-bond donors (Lipinski definition) is 1. The summed E-state index contributed by atoms with van der Waals surface area (Å²) in [5.74, 6) is 0. The van der Waals surface area contributed by atoms with Gasteiger partial charge in [-0.3, -0.25) is 0 Å². The smallest absolute Gasteiger partial charge is 0.0612 e. The van der Waals surface area contributed by atoms with E-state index in [9.17, 15) is 0 Å². The Bertz CT molecular complexity index is 114. The van der Waals surface area contributed by atoms with E-state index in [1.807, 2.05) is 6.08 Å². The molecule has 1 nitrogen and oxygen atoms in total. The molecule has 1 N–H and O–H groups in total. The summed E-state index contributed by atoms with van der Waals surface area (Å²) in [5, 5.41) is 8.40. The molecule has 0 heterocycles. The van der Waals surface area contributed by atoms with Crippen LogP contribution in [-0.4, -0.2) is 11.7 Å². The van der Waals surface area contributed by atoms with Gasteiger partial charge in [0.15, 0.2) is 0 Å². The van der Waals surface area contributed by atoms with Gasteiger partial charge in [0.05, 0.1) is 6.61 Å². The average Bonchev–Trinajstić information content (AvgIpc) is 2.03. The van der Waals surface area contributed by atoms with Crippen LogP contribution in [0.3, 0.4) is 0 Å². The lowest BCUT2D eigenvalue weighted by Crippen LogP contribution is -1.71. The fraction of sp³-hybridized carbons (Fsp3) is 0.600. The highest BCUT2D eigenvalue weighted by Crippen LogP contribution is 1.95. The van der Waals surface area contributed by atoms with Crippen molar-refractivity contribution in [3.63, 3.8) is 0 Å². The minimum absolute atomic E-state index is 0.165. The summed E-state index contributed by atoms with van der Waals surface area (Å²) in [5.41, 5.74) is 0. The molecule has 0 bridgehead atoms. The van der Waals surface area contributed by atoms with Gasteiger partial charge in [0.1, 0.15) is 0 Å². The van der Waals surface area contributed by atoms with Crippen molar-refractivity contribution in [1.82, 2.24) is 0 Å².